The summed E-state index contributed by atoms with van der Waals surface area (Å²) in [6, 6.07) is 57.4. The molecule has 0 fully saturated rings. The van der Waals surface area contributed by atoms with Gasteiger partial charge in [0.15, 0.2) is 5.82 Å². The predicted molar refractivity (Wildman–Crippen MR) is 243 cm³/mol. The highest BCUT2D eigenvalue weighted by Gasteiger charge is 2.29. The molecule has 0 saturated carbocycles. The number of nitrogens with zero attached hydrogens (tertiary/aromatic N) is 3. The summed E-state index contributed by atoms with van der Waals surface area (Å²) >= 11 is 0. The van der Waals surface area contributed by atoms with Crippen LogP contribution in [0.3, 0.4) is 0 Å². The zero-order valence-corrected chi connectivity index (χ0v) is 32.1. The van der Waals surface area contributed by atoms with Crippen molar-refractivity contribution in [1.82, 2.24) is 14.5 Å². The van der Waals surface area contributed by atoms with Gasteiger partial charge in [0.2, 0.25) is 0 Å². The summed E-state index contributed by atoms with van der Waals surface area (Å²) in [4.78, 5) is 11.2. The molecule has 0 spiro atoms. The topological polar surface area (TPSA) is 43.9 Å². The van der Waals surface area contributed by atoms with Gasteiger partial charge in [-0.05, 0) is 81.6 Å². The Morgan fingerprint density at radius 3 is 2.12 bits per heavy atom. The fourth-order valence-corrected chi connectivity index (χ4v) is 9.79. The van der Waals surface area contributed by atoms with Gasteiger partial charge in [0, 0.05) is 50.6 Å². The van der Waals surface area contributed by atoms with Crippen LogP contribution in [0.5, 0.6) is 0 Å². The summed E-state index contributed by atoms with van der Waals surface area (Å²) in [7, 11) is 0. The van der Waals surface area contributed by atoms with Crippen LogP contribution < -0.4 is 0 Å². The zero-order valence-electron chi connectivity index (χ0n) is 32.1. The average molecular weight is 754 g/mol. The van der Waals surface area contributed by atoms with Crippen LogP contribution in [-0.2, 0) is 6.42 Å². The van der Waals surface area contributed by atoms with Crippen LogP contribution in [0.4, 0.5) is 0 Å². The van der Waals surface area contributed by atoms with E-state index >= 15 is 0 Å². The number of hydrogen-bond donors (Lipinski definition) is 0. The smallest absolute Gasteiger partial charge is 0.160 e. The maximum absolute atomic E-state index is 7.00. The Labute approximate surface area is 340 Å². The molecule has 8 aromatic carbocycles. The van der Waals surface area contributed by atoms with E-state index in [1.165, 1.54) is 43.6 Å². The summed E-state index contributed by atoms with van der Waals surface area (Å²) in [6.07, 6.45) is 10.5. The number of benzene rings is 8. The summed E-state index contributed by atoms with van der Waals surface area (Å²) in [5.74, 6) is 1.05. The molecule has 0 amide bonds. The summed E-state index contributed by atoms with van der Waals surface area (Å²) in [5.41, 5.74) is 13.5. The van der Waals surface area contributed by atoms with Crippen LogP contribution >= 0.6 is 0 Å². The number of hydrogen-bond acceptors (Lipinski definition) is 3. The maximum Gasteiger partial charge on any atom is 0.160 e. The van der Waals surface area contributed by atoms with E-state index in [1.807, 2.05) is 6.07 Å². The van der Waals surface area contributed by atoms with Crippen molar-refractivity contribution in [1.29, 1.82) is 0 Å². The van der Waals surface area contributed by atoms with Crippen molar-refractivity contribution in [3.63, 3.8) is 0 Å². The lowest BCUT2D eigenvalue weighted by atomic mass is 9.90. The first-order valence-corrected chi connectivity index (χ1v) is 20.5. The molecule has 11 aromatic rings. The number of para-hydroxylation sites is 1. The highest BCUT2D eigenvalue weighted by molar-refractivity contribution is 6.16. The minimum atomic E-state index is 0.360. The van der Waals surface area contributed by atoms with E-state index in [2.05, 4.69) is 181 Å². The number of fused-ring (bicyclic) bond motifs is 14. The Balaban J connectivity index is 1.17. The SMILES string of the molecule is C1=CCC(c2ccc(-c3nc(-c4ccc5ccccc5c4)nc4c3Cc3ccc5c6cc7ccccc7cc6n(c5c3)-c3ccc5c(oc6ccccc65)c3-4)cc2)C=C1. The molecule has 1 aliphatic heterocycles. The molecule has 1 aliphatic carbocycles. The van der Waals surface area contributed by atoms with E-state index in [0.717, 1.165) is 78.6 Å². The predicted octanol–water partition coefficient (Wildman–Crippen LogP) is 14.3. The van der Waals surface area contributed by atoms with Crippen LogP contribution in [0.2, 0.25) is 0 Å². The first kappa shape index (κ1) is 32.5. The Morgan fingerprint density at radius 1 is 0.542 bits per heavy atom. The van der Waals surface area contributed by atoms with E-state index in [-0.39, 0.29) is 0 Å². The molecule has 1 atom stereocenters. The molecular weight excluding hydrogens is 719 g/mol. The molecule has 2 aliphatic rings. The normalized spacial score (nSPS) is 14.7. The monoisotopic (exact) mass is 753 g/mol. The highest BCUT2D eigenvalue weighted by atomic mass is 16.3. The van der Waals surface area contributed by atoms with Crippen LogP contribution in [0, 0.1) is 0 Å². The van der Waals surface area contributed by atoms with E-state index in [9.17, 15) is 0 Å². The van der Waals surface area contributed by atoms with Crippen molar-refractivity contribution in [3.8, 4) is 39.6 Å². The van der Waals surface area contributed by atoms with Gasteiger partial charge < -0.3 is 8.98 Å². The lowest BCUT2D eigenvalue weighted by molar-refractivity contribution is 0.669. The molecule has 276 valence electrons. The minimum Gasteiger partial charge on any atom is -0.455 e. The summed E-state index contributed by atoms with van der Waals surface area (Å²) in [5, 5.41) is 9.39. The molecule has 0 saturated heterocycles. The van der Waals surface area contributed by atoms with Crippen molar-refractivity contribution >= 4 is 65.3 Å². The van der Waals surface area contributed by atoms with Crippen LogP contribution in [0.1, 0.15) is 29.0 Å². The van der Waals surface area contributed by atoms with Crippen LogP contribution in [0.15, 0.2) is 186 Å². The van der Waals surface area contributed by atoms with E-state index in [1.54, 1.807) is 0 Å². The molecule has 4 heterocycles. The molecule has 4 nitrogen and oxygen atoms in total. The number of allylic oxidation sites excluding steroid dienone is 4. The van der Waals surface area contributed by atoms with Crippen molar-refractivity contribution in [3.05, 3.63) is 199 Å². The third-order valence-electron chi connectivity index (χ3n) is 12.7. The molecule has 1 unspecified atom stereocenters. The van der Waals surface area contributed by atoms with Crippen LogP contribution in [-0.4, -0.2) is 14.5 Å². The van der Waals surface area contributed by atoms with Gasteiger partial charge in [-0.2, -0.15) is 0 Å². The third-order valence-corrected chi connectivity index (χ3v) is 12.7. The van der Waals surface area contributed by atoms with E-state index in [4.69, 9.17) is 14.4 Å². The number of aromatic nitrogens is 3. The quantitative estimate of drug-likeness (QED) is 0.180. The average Bonchev–Trinajstić information content (AvgIpc) is 3.83. The van der Waals surface area contributed by atoms with Crippen molar-refractivity contribution < 1.29 is 4.42 Å². The maximum atomic E-state index is 7.00. The van der Waals surface area contributed by atoms with E-state index in [0.29, 0.717) is 18.2 Å². The number of furan rings is 1. The Bertz CT molecular complexity index is 3620. The molecule has 3 aromatic heterocycles. The third kappa shape index (κ3) is 4.96. The van der Waals surface area contributed by atoms with Crippen LogP contribution in [0.25, 0.3) is 105 Å². The van der Waals surface area contributed by atoms with Gasteiger partial charge in [-0.1, -0.05) is 140 Å². The first-order valence-electron chi connectivity index (χ1n) is 20.5. The van der Waals surface area contributed by atoms with Gasteiger partial charge in [-0.3, -0.25) is 0 Å². The Kier molecular flexibility index (Phi) is 6.87. The molecule has 2 bridgehead atoms. The second-order valence-corrected chi connectivity index (χ2v) is 16.1. The molecule has 0 radical (unpaired) electrons. The van der Waals surface area contributed by atoms with Crippen molar-refractivity contribution in [2.45, 2.75) is 18.8 Å². The van der Waals surface area contributed by atoms with Crippen molar-refractivity contribution in [2.24, 2.45) is 0 Å². The van der Waals surface area contributed by atoms with Gasteiger partial charge in [0.05, 0.1) is 33.7 Å². The number of rotatable bonds is 3. The second kappa shape index (κ2) is 12.5. The summed E-state index contributed by atoms with van der Waals surface area (Å²) in [6.45, 7) is 0. The standard InChI is InChI=1S/C55H35N3O/c1-2-10-34(11-3-1)36-19-22-37(23-20-36)52-46-28-33-18-25-42-45-31-39-14-6-7-15-40(39)32-49(45)58(48(42)29-33)47-27-26-44-43-16-8-9-17-50(43)59-54(44)51(47)53(46)57-55(56-52)41-24-21-35-12-4-5-13-38(35)30-41/h1-10,12-27,29-32,34H,11,28H2. The van der Waals surface area contributed by atoms with Gasteiger partial charge in [-0.15, -0.1) is 0 Å². The second-order valence-electron chi connectivity index (χ2n) is 16.1. The summed E-state index contributed by atoms with van der Waals surface area (Å²) < 4.78 is 9.46. The molecule has 0 N–H and O–H groups in total. The minimum absolute atomic E-state index is 0.360. The van der Waals surface area contributed by atoms with Crippen molar-refractivity contribution in [2.75, 3.05) is 0 Å². The molecule has 4 heteroatoms. The lowest BCUT2D eigenvalue weighted by Gasteiger charge is -2.19. The lowest BCUT2D eigenvalue weighted by Crippen LogP contribution is -2.06. The van der Waals surface area contributed by atoms with E-state index < -0.39 is 0 Å². The van der Waals surface area contributed by atoms with Gasteiger partial charge in [0.25, 0.3) is 0 Å². The fraction of sp³-hybridized carbons (Fsp3) is 0.0545. The largest absolute Gasteiger partial charge is 0.455 e. The van der Waals surface area contributed by atoms with Gasteiger partial charge in [-0.25, -0.2) is 9.97 Å². The first-order chi connectivity index (χ1) is 29.2. The Morgan fingerprint density at radius 2 is 1.27 bits per heavy atom. The van der Waals surface area contributed by atoms with Gasteiger partial charge in [0.1, 0.15) is 11.2 Å². The fourth-order valence-electron chi connectivity index (χ4n) is 9.79. The molecular formula is C55H35N3O. The Hall–Kier alpha value is -7.56. The highest BCUT2D eigenvalue weighted by Crippen LogP contribution is 2.47. The molecule has 13 rings (SSSR count). The van der Waals surface area contributed by atoms with Gasteiger partial charge >= 0.3 is 0 Å². The zero-order chi connectivity index (χ0) is 38.6. The molecule has 59 heavy (non-hydrogen) atoms.